The van der Waals surface area contributed by atoms with Crippen molar-refractivity contribution in [1.82, 2.24) is 10.4 Å². The van der Waals surface area contributed by atoms with Gasteiger partial charge in [0.05, 0.1) is 26.2 Å². The molecule has 1 aliphatic rings. The van der Waals surface area contributed by atoms with Gasteiger partial charge in [0.1, 0.15) is 5.75 Å². The van der Waals surface area contributed by atoms with E-state index in [1.165, 1.54) is 12.1 Å². The van der Waals surface area contributed by atoms with Gasteiger partial charge in [-0.05, 0) is 25.0 Å². The Balaban J connectivity index is 1.78. The minimum absolute atomic E-state index is 0.0346. The SMILES string of the molecule is COC(=O)C1CC(=O)NN(C(=O)CCCOc2ccccc2C)C1. The quantitative estimate of drug-likeness (QED) is 0.624. The molecule has 24 heavy (non-hydrogen) atoms. The van der Waals surface area contributed by atoms with Gasteiger partial charge in [0.15, 0.2) is 0 Å². The molecule has 0 spiro atoms. The predicted octanol–water partition coefficient (Wildman–Crippen LogP) is 1.21. The number of hydrogen-bond donors (Lipinski definition) is 1. The first-order valence-electron chi connectivity index (χ1n) is 7.87. The van der Waals surface area contributed by atoms with Crippen LogP contribution in [0.2, 0.25) is 0 Å². The second-order valence-corrected chi connectivity index (χ2v) is 5.68. The Hall–Kier alpha value is -2.57. The summed E-state index contributed by atoms with van der Waals surface area (Å²) in [6.45, 7) is 2.49. The van der Waals surface area contributed by atoms with Crippen molar-refractivity contribution in [3.63, 3.8) is 0 Å². The molecule has 130 valence electrons. The summed E-state index contributed by atoms with van der Waals surface area (Å²) in [5.41, 5.74) is 3.52. The number of para-hydroxylation sites is 1. The number of amides is 2. The minimum atomic E-state index is -0.615. The summed E-state index contributed by atoms with van der Waals surface area (Å²) < 4.78 is 10.3. The molecule has 7 heteroatoms. The maximum absolute atomic E-state index is 12.2. The van der Waals surface area contributed by atoms with Gasteiger partial charge in [0, 0.05) is 12.8 Å². The van der Waals surface area contributed by atoms with Gasteiger partial charge in [0.25, 0.3) is 0 Å². The zero-order valence-electron chi connectivity index (χ0n) is 13.9. The van der Waals surface area contributed by atoms with E-state index in [1.54, 1.807) is 0 Å². The zero-order chi connectivity index (χ0) is 17.5. The summed E-state index contributed by atoms with van der Waals surface area (Å²) in [7, 11) is 1.27. The van der Waals surface area contributed by atoms with Crippen LogP contribution in [0.4, 0.5) is 0 Å². The molecule has 0 saturated carbocycles. The third-order valence-corrected chi connectivity index (χ3v) is 3.82. The number of nitrogens with zero attached hydrogens (tertiary/aromatic N) is 1. The van der Waals surface area contributed by atoms with Crippen molar-refractivity contribution in [3.8, 4) is 5.75 Å². The standard InChI is InChI=1S/C17H22N2O5/c1-12-6-3-4-7-14(12)24-9-5-8-16(21)19-11-13(17(22)23-2)10-15(20)18-19/h3-4,6-7,13H,5,8-11H2,1-2H3,(H,18,20). The lowest BCUT2D eigenvalue weighted by molar-refractivity contribution is -0.156. The second-order valence-electron chi connectivity index (χ2n) is 5.68. The van der Waals surface area contributed by atoms with Gasteiger partial charge >= 0.3 is 5.97 Å². The zero-order valence-corrected chi connectivity index (χ0v) is 13.9. The predicted molar refractivity (Wildman–Crippen MR) is 85.9 cm³/mol. The summed E-state index contributed by atoms with van der Waals surface area (Å²) in [5.74, 6) is -0.907. The molecule has 2 rings (SSSR count). The molecule has 1 aromatic rings. The number of hydrogen-bond acceptors (Lipinski definition) is 5. The highest BCUT2D eigenvalue weighted by molar-refractivity contribution is 5.88. The molecule has 1 atom stereocenters. The average molecular weight is 334 g/mol. The van der Waals surface area contributed by atoms with Crippen LogP contribution in [0.5, 0.6) is 5.75 Å². The highest BCUT2D eigenvalue weighted by Crippen LogP contribution is 2.17. The second kappa shape index (κ2) is 8.33. The number of ether oxygens (including phenoxy) is 2. The molecule has 7 nitrogen and oxygen atoms in total. The molecule has 1 aliphatic heterocycles. The van der Waals surface area contributed by atoms with Crippen molar-refractivity contribution in [3.05, 3.63) is 29.8 Å². The molecular weight excluding hydrogens is 312 g/mol. The fourth-order valence-corrected chi connectivity index (χ4v) is 2.50. The Kier molecular flexibility index (Phi) is 6.17. The van der Waals surface area contributed by atoms with Crippen LogP contribution in [0.25, 0.3) is 0 Å². The maximum atomic E-state index is 12.2. The van der Waals surface area contributed by atoms with Gasteiger partial charge < -0.3 is 9.47 Å². The lowest BCUT2D eigenvalue weighted by Gasteiger charge is -2.31. The molecule has 1 heterocycles. The summed E-state index contributed by atoms with van der Waals surface area (Å²) in [5, 5.41) is 1.20. The third kappa shape index (κ3) is 4.71. The summed E-state index contributed by atoms with van der Waals surface area (Å²) in [6, 6.07) is 7.66. The number of benzene rings is 1. The van der Waals surface area contributed by atoms with Crippen LogP contribution in [0, 0.1) is 12.8 Å². The largest absolute Gasteiger partial charge is 0.493 e. The van der Waals surface area contributed by atoms with Crippen molar-refractivity contribution in [2.45, 2.75) is 26.2 Å². The molecule has 0 aliphatic carbocycles. The number of carbonyl (C=O) groups excluding carboxylic acids is 3. The van der Waals surface area contributed by atoms with Gasteiger partial charge in [0.2, 0.25) is 11.8 Å². The number of methoxy groups -OCH3 is 1. The van der Waals surface area contributed by atoms with Crippen molar-refractivity contribution >= 4 is 17.8 Å². The monoisotopic (exact) mass is 334 g/mol. The van der Waals surface area contributed by atoms with Crippen molar-refractivity contribution in [2.24, 2.45) is 5.92 Å². The van der Waals surface area contributed by atoms with Crippen molar-refractivity contribution in [2.75, 3.05) is 20.3 Å². The summed E-state index contributed by atoms with van der Waals surface area (Å²) in [4.78, 5) is 35.4. The van der Waals surface area contributed by atoms with E-state index in [-0.39, 0.29) is 31.2 Å². The third-order valence-electron chi connectivity index (χ3n) is 3.82. The lowest BCUT2D eigenvalue weighted by Crippen LogP contribution is -2.54. The number of aryl methyl sites for hydroxylation is 1. The van der Waals surface area contributed by atoms with E-state index in [2.05, 4.69) is 10.2 Å². The fourth-order valence-electron chi connectivity index (χ4n) is 2.50. The first kappa shape index (κ1) is 17.8. The normalized spacial score (nSPS) is 17.2. The van der Waals surface area contributed by atoms with E-state index < -0.39 is 11.9 Å². The highest BCUT2D eigenvalue weighted by atomic mass is 16.5. The summed E-state index contributed by atoms with van der Waals surface area (Å²) >= 11 is 0. The van der Waals surface area contributed by atoms with Gasteiger partial charge in [-0.2, -0.15) is 0 Å². The van der Waals surface area contributed by atoms with E-state index in [1.807, 2.05) is 31.2 Å². The molecule has 1 saturated heterocycles. The first-order valence-corrected chi connectivity index (χ1v) is 7.87. The topological polar surface area (TPSA) is 84.9 Å². The molecule has 1 unspecified atom stereocenters. The van der Waals surface area contributed by atoms with E-state index in [9.17, 15) is 14.4 Å². The van der Waals surface area contributed by atoms with Crippen LogP contribution in [0.15, 0.2) is 24.3 Å². The van der Waals surface area contributed by atoms with Crippen molar-refractivity contribution < 1.29 is 23.9 Å². The van der Waals surface area contributed by atoms with Crippen LogP contribution in [-0.2, 0) is 19.1 Å². The molecule has 0 bridgehead atoms. The van der Waals surface area contributed by atoms with Gasteiger partial charge in [-0.25, -0.2) is 0 Å². The number of esters is 1. The Labute approximate surface area is 140 Å². The van der Waals surface area contributed by atoms with Crippen LogP contribution in [-0.4, -0.2) is 43.1 Å². The van der Waals surface area contributed by atoms with Crippen LogP contribution < -0.4 is 10.2 Å². The molecule has 2 amide bonds. The Morgan fingerprint density at radius 3 is 2.79 bits per heavy atom. The fraction of sp³-hybridized carbons (Fsp3) is 0.471. The molecule has 0 radical (unpaired) electrons. The number of hydrazine groups is 1. The average Bonchev–Trinajstić information content (AvgIpc) is 2.58. The molecule has 0 aromatic heterocycles. The number of rotatable bonds is 6. The van der Waals surface area contributed by atoms with Crippen molar-refractivity contribution in [1.29, 1.82) is 0 Å². The van der Waals surface area contributed by atoms with E-state index in [0.717, 1.165) is 11.3 Å². The molecule has 1 aromatic carbocycles. The van der Waals surface area contributed by atoms with Gasteiger partial charge in [-0.3, -0.25) is 24.8 Å². The van der Waals surface area contributed by atoms with Crippen LogP contribution in [0.3, 0.4) is 0 Å². The molecule has 1 fully saturated rings. The van der Waals surface area contributed by atoms with Crippen LogP contribution in [0.1, 0.15) is 24.8 Å². The lowest BCUT2D eigenvalue weighted by atomic mass is 10.0. The Morgan fingerprint density at radius 2 is 2.08 bits per heavy atom. The molecule has 1 N–H and O–H groups in total. The van der Waals surface area contributed by atoms with E-state index >= 15 is 0 Å². The van der Waals surface area contributed by atoms with Gasteiger partial charge in [-0.1, -0.05) is 18.2 Å². The van der Waals surface area contributed by atoms with Gasteiger partial charge in [-0.15, -0.1) is 0 Å². The maximum Gasteiger partial charge on any atom is 0.311 e. The highest BCUT2D eigenvalue weighted by Gasteiger charge is 2.32. The first-order chi connectivity index (χ1) is 11.5. The number of carbonyl (C=O) groups is 3. The van der Waals surface area contributed by atoms with E-state index in [4.69, 9.17) is 4.74 Å². The van der Waals surface area contributed by atoms with E-state index in [0.29, 0.717) is 13.0 Å². The Morgan fingerprint density at radius 1 is 1.33 bits per heavy atom. The summed E-state index contributed by atoms with van der Waals surface area (Å²) in [6.07, 6.45) is 0.773. The minimum Gasteiger partial charge on any atom is -0.493 e. The molecular formula is C17H22N2O5. The Bertz CT molecular complexity index is 617. The number of nitrogens with one attached hydrogen (secondary N) is 1. The smallest absolute Gasteiger partial charge is 0.311 e. The van der Waals surface area contributed by atoms with Crippen LogP contribution >= 0.6 is 0 Å².